The third kappa shape index (κ3) is 2.70. The maximum Gasteiger partial charge on any atom is 0.126 e. The third-order valence-electron chi connectivity index (χ3n) is 3.23. The summed E-state index contributed by atoms with van der Waals surface area (Å²) < 4.78 is 1.94. The molecule has 0 aliphatic heterocycles. The number of hydrogen-bond donors (Lipinski definition) is 1. The minimum Gasteiger partial charge on any atom is -0.370 e. The van der Waals surface area contributed by atoms with Gasteiger partial charge in [0.2, 0.25) is 0 Å². The molecule has 2 heterocycles. The Labute approximate surface area is 108 Å². The highest BCUT2D eigenvalue weighted by atomic mass is 15.3. The quantitative estimate of drug-likeness (QED) is 0.898. The molecule has 0 saturated carbocycles. The van der Waals surface area contributed by atoms with Gasteiger partial charge in [0.15, 0.2) is 0 Å². The summed E-state index contributed by atoms with van der Waals surface area (Å²) in [5.74, 6) is 0.939. The van der Waals surface area contributed by atoms with Gasteiger partial charge in [-0.1, -0.05) is 6.07 Å². The number of nitrogens with one attached hydrogen (secondary N) is 1. The summed E-state index contributed by atoms with van der Waals surface area (Å²) in [6, 6.07) is 6.02. The normalized spacial score (nSPS) is 10.7. The molecule has 4 heteroatoms. The van der Waals surface area contributed by atoms with Crippen molar-refractivity contribution in [1.29, 1.82) is 0 Å². The first-order chi connectivity index (χ1) is 8.58. The molecular weight excluding hydrogens is 224 g/mol. The molecule has 4 nitrogen and oxygen atoms in total. The number of rotatable bonds is 4. The van der Waals surface area contributed by atoms with Crippen LogP contribution in [0.4, 0.5) is 5.82 Å². The monoisotopic (exact) mass is 244 g/mol. The SMILES string of the molecule is Cc1cccc(NCCc2c(C)nn(C)c2C)n1. The van der Waals surface area contributed by atoms with Crippen LogP contribution in [0.5, 0.6) is 0 Å². The Morgan fingerprint density at radius 3 is 2.61 bits per heavy atom. The lowest BCUT2D eigenvalue weighted by Crippen LogP contribution is -2.07. The minimum absolute atomic E-state index is 0.879. The first-order valence-electron chi connectivity index (χ1n) is 6.24. The Balaban J connectivity index is 1.96. The Hall–Kier alpha value is -1.84. The van der Waals surface area contributed by atoms with Crippen LogP contribution in [0, 0.1) is 20.8 Å². The molecule has 0 unspecified atom stereocenters. The smallest absolute Gasteiger partial charge is 0.126 e. The molecule has 0 amide bonds. The molecule has 0 radical (unpaired) electrons. The lowest BCUT2D eigenvalue weighted by atomic mass is 10.1. The number of pyridine rings is 1. The molecule has 18 heavy (non-hydrogen) atoms. The fourth-order valence-electron chi connectivity index (χ4n) is 2.14. The van der Waals surface area contributed by atoms with E-state index in [0.717, 1.165) is 30.2 Å². The summed E-state index contributed by atoms with van der Waals surface area (Å²) in [6.45, 7) is 7.05. The van der Waals surface area contributed by atoms with Crippen LogP contribution in [-0.2, 0) is 13.5 Å². The molecule has 0 aromatic carbocycles. The summed E-state index contributed by atoms with van der Waals surface area (Å²) in [5.41, 5.74) is 4.73. The van der Waals surface area contributed by atoms with Crippen molar-refractivity contribution in [2.24, 2.45) is 7.05 Å². The first-order valence-corrected chi connectivity index (χ1v) is 6.24. The molecule has 0 aliphatic rings. The van der Waals surface area contributed by atoms with Crippen LogP contribution >= 0.6 is 0 Å². The van der Waals surface area contributed by atoms with E-state index in [1.165, 1.54) is 11.3 Å². The van der Waals surface area contributed by atoms with E-state index >= 15 is 0 Å². The van der Waals surface area contributed by atoms with Gasteiger partial charge in [0.25, 0.3) is 0 Å². The second-order valence-corrected chi connectivity index (χ2v) is 4.61. The first kappa shape index (κ1) is 12.6. The van der Waals surface area contributed by atoms with Crippen molar-refractivity contribution in [1.82, 2.24) is 14.8 Å². The van der Waals surface area contributed by atoms with Crippen LogP contribution in [0.2, 0.25) is 0 Å². The van der Waals surface area contributed by atoms with Gasteiger partial charge >= 0.3 is 0 Å². The minimum atomic E-state index is 0.879. The van der Waals surface area contributed by atoms with Crippen LogP contribution in [-0.4, -0.2) is 21.3 Å². The van der Waals surface area contributed by atoms with Crippen molar-refractivity contribution in [2.75, 3.05) is 11.9 Å². The van der Waals surface area contributed by atoms with Gasteiger partial charge in [-0.2, -0.15) is 5.10 Å². The topological polar surface area (TPSA) is 42.7 Å². The van der Waals surface area contributed by atoms with Crippen molar-refractivity contribution in [2.45, 2.75) is 27.2 Å². The number of aryl methyl sites for hydroxylation is 3. The van der Waals surface area contributed by atoms with Gasteiger partial charge in [0.05, 0.1) is 5.69 Å². The van der Waals surface area contributed by atoms with E-state index < -0.39 is 0 Å². The van der Waals surface area contributed by atoms with Crippen LogP contribution in [0.25, 0.3) is 0 Å². The van der Waals surface area contributed by atoms with Crippen LogP contribution in [0.1, 0.15) is 22.6 Å². The van der Waals surface area contributed by atoms with E-state index in [-0.39, 0.29) is 0 Å². The molecule has 2 aromatic heterocycles. The van der Waals surface area contributed by atoms with Crippen molar-refractivity contribution in [3.05, 3.63) is 40.8 Å². The number of aromatic nitrogens is 3. The molecule has 1 N–H and O–H groups in total. The lowest BCUT2D eigenvalue weighted by molar-refractivity contribution is 0.730. The number of nitrogens with zero attached hydrogens (tertiary/aromatic N) is 3. The molecule has 0 saturated heterocycles. The highest BCUT2D eigenvalue weighted by Gasteiger charge is 2.08. The zero-order valence-corrected chi connectivity index (χ0v) is 11.5. The Morgan fingerprint density at radius 2 is 2.00 bits per heavy atom. The van der Waals surface area contributed by atoms with E-state index in [1.807, 2.05) is 36.9 Å². The molecule has 2 aromatic rings. The van der Waals surface area contributed by atoms with Crippen molar-refractivity contribution >= 4 is 5.82 Å². The average Bonchev–Trinajstić information content (AvgIpc) is 2.56. The zero-order valence-electron chi connectivity index (χ0n) is 11.5. The van der Waals surface area contributed by atoms with E-state index in [0.29, 0.717) is 0 Å². The third-order valence-corrected chi connectivity index (χ3v) is 3.23. The van der Waals surface area contributed by atoms with Crippen molar-refractivity contribution < 1.29 is 0 Å². The maximum absolute atomic E-state index is 4.42. The molecule has 96 valence electrons. The number of anilines is 1. The van der Waals surface area contributed by atoms with Gasteiger partial charge < -0.3 is 5.32 Å². The van der Waals surface area contributed by atoms with Gasteiger partial charge in [-0.25, -0.2) is 4.98 Å². The van der Waals surface area contributed by atoms with Crippen LogP contribution < -0.4 is 5.32 Å². The van der Waals surface area contributed by atoms with E-state index in [2.05, 4.69) is 29.2 Å². The van der Waals surface area contributed by atoms with E-state index in [9.17, 15) is 0 Å². The van der Waals surface area contributed by atoms with Gasteiger partial charge in [-0.15, -0.1) is 0 Å². The Kier molecular flexibility index (Phi) is 3.65. The highest BCUT2D eigenvalue weighted by Crippen LogP contribution is 2.13. The second-order valence-electron chi connectivity index (χ2n) is 4.61. The summed E-state index contributed by atoms with van der Waals surface area (Å²) in [4.78, 5) is 4.42. The average molecular weight is 244 g/mol. The summed E-state index contributed by atoms with van der Waals surface area (Å²) in [7, 11) is 1.99. The molecule has 0 atom stereocenters. The summed E-state index contributed by atoms with van der Waals surface area (Å²) in [6.07, 6.45) is 0.973. The summed E-state index contributed by atoms with van der Waals surface area (Å²) in [5, 5.41) is 7.77. The predicted molar refractivity (Wildman–Crippen MR) is 73.8 cm³/mol. The van der Waals surface area contributed by atoms with Gasteiger partial charge in [-0.3, -0.25) is 4.68 Å². The van der Waals surface area contributed by atoms with Crippen molar-refractivity contribution in [3.8, 4) is 0 Å². The van der Waals surface area contributed by atoms with E-state index in [4.69, 9.17) is 0 Å². The summed E-state index contributed by atoms with van der Waals surface area (Å²) >= 11 is 0. The van der Waals surface area contributed by atoms with Crippen LogP contribution in [0.3, 0.4) is 0 Å². The Morgan fingerprint density at radius 1 is 1.22 bits per heavy atom. The second kappa shape index (κ2) is 5.21. The molecule has 0 spiro atoms. The fraction of sp³-hybridized carbons (Fsp3) is 0.429. The Bertz CT molecular complexity index is 543. The number of hydrogen-bond acceptors (Lipinski definition) is 3. The van der Waals surface area contributed by atoms with Gasteiger partial charge in [0.1, 0.15) is 5.82 Å². The van der Waals surface area contributed by atoms with Crippen molar-refractivity contribution in [3.63, 3.8) is 0 Å². The molecule has 2 rings (SSSR count). The molecule has 0 bridgehead atoms. The molecule has 0 aliphatic carbocycles. The zero-order chi connectivity index (χ0) is 13.1. The van der Waals surface area contributed by atoms with Crippen LogP contribution in [0.15, 0.2) is 18.2 Å². The lowest BCUT2D eigenvalue weighted by Gasteiger charge is -2.06. The van der Waals surface area contributed by atoms with Gasteiger partial charge in [-0.05, 0) is 44.9 Å². The molecule has 0 fully saturated rings. The maximum atomic E-state index is 4.42. The van der Waals surface area contributed by atoms with E-state index in [1.54, 1.807) is 0 Å². The highest BCUT2D eigenvalue weighted by molar-refractivity contribution is 5.35. The standard InChI is InChI=1S/C14H20N4/c1-10-6-5-7-14(16-10)15-9-8-13-11(2)17-18(4)12(13)3/h5-7H,8-9H2,1-4H3,(H,15,16). The fourth-order valence-corrected chi connectivity index (χ4v) is 2.14. The molecular formula is C14H20N4. The predicted octanol–water partition coefficient (Wildman–Crippen LogP) is 2.39. The largest absolute Gasteiger partial charge is 0.370 e. The van der Waals surface area contributed by atoms with Gasteiger partial charge in [0, 0.05) is 25.0 Å².